The van der Waals surface area contributed by atoms with Gasteiger partial charge in [0.15, 0.2) is 0 Å². The summed E-state index contributed by atoms with van der Waals surface area (Å²) in [6.45, 7) is 4.47. The van der Waals surface area contributed by atoms with Gasteiger partial charge in [0.2, 0.25) is 5.91 Å². The summed E-state index contributed by atoms with van der Waals surface area (Å²) in [6.07, 6.45) is 0.969. The lowest BCUT2D eigenvalue weighted by Crippen LogP contribution is -2.49. The second-order valence-corrected chi connectivity index (χ2v) is 5.79. The third-order valence-corrected chi connectivity index (χ3v) is 4.12. The van der Waals surface area contributed by atoms with E-state index in [0.29, 0.717) is 12.5 Å². The first-order valence-electron chi connectivity index (χ1n) is 7.73. The van der Waals surface area contributed by atoms with E-state index in [9.17, 15) is 4.79 Å². The molecule has 0 aromatic heterocycles. The van der Waals surface area contributed by atoms with Gasteiger partial charge in [-0.15, -0.1) is 12.4 Å². The molecular formula is C19H25ClN2O. The number of carbonyl (C=O) groups is 1. The van der Waals surface area contributed by atoms with Gasteiger partial charge in [0.25, 0.3) is 0 Å². The molecule has 2 rings (SSSR count). The summed E-state index contributed by atoms with van der Waals surface area (Å²) in [5.74, 6) is 0.157. The van der Waals surface area contributed by atoms with Crippen molar-refractivity contribution in [3.05, 3.63) is 71.8 Å². The van der Waals surface area contributed by atoms with Gasteiger partial charge in [-0.05, 0) is 24.5 Å². The maximum absolute atomic E-state index is 12.5. The van der Waals surface area contributed by atoms with Crippen molar-refractivity contribution in [1.82, 2.24) is 5.32 Å². The maximum Gasteiger partial charge on any atom is 0.244 e. The van der Waals surface area contributed by atoms with Crippen LogP contribution in [0, 0.1) is 0 Å². The van der Waals surface area contributed by atoms with E-state index in [0.717, 1.165) is 12.0 Å². The lowest BCUT2D eigenvalue weighted by molar-refractivity contribution is -0.126. The first kappa shape index (κ1) is 19.2. The van der Waals surface area contributed by atoms with E-state index in [-0.39, 0.29) is 18.3 Å². The van der Waals surface area contributed by atoms with Crippen LogP contribution in [0.4, 0.5) is 0 Å². The second-order valence-electron chi connectivity index (χ2n) is 5.79. The Morgan fingerprint density at radius 2 is 1.61 bits per heavy atom. The van der Waals surface area contributed by atoms with Gasteiger partial charge >= 0.3 is 0 Å². The van der Waals surface area contributed by atoms with Crippen molar-refractivity contribution in [3.63, 3.8) is 0 Å². The third-order valence-electron chi connectivity index (χ3n) is 4.12. The Kier molecular flexibility index (Phi) is 7.27. The number of nitrogens with one attached hydrogen (secondary N) is 1. The van der Waals surface area contributed by atoms with Crippen LogP contribution in [0.5, 0.6) is 0 Å². The summed E-state index contributed by atoms with van der Waals surface area (Å²) in [6, 6.07) is 19.7. The van der Waals surface area contributed by atoms with Crippen LogP contribution in [-0.2, 0) is 10.3 Å². The van der Waals surface area contributed by atoms with Crippen LogP contribution < -0.4 is 11.1 Å². The molecule has 124 valence electrons. The molecule has 0 bridgehead atoms. The molecule has 0 heterocycles. The number of hydrogen-bond acceptors (Lipinski definition) is 2. The average Bonchev–Trinajstić information content (AvgIpc) is 2.57. The molecule has 0 aliphatic carbocycles. The first-order valence-corrected chi connectivity index (χ1v) is 7.73. The van der Waals surface area contributed by atoms with Crippen LogP contribution in [0.3, 0.4) is 0 Å². The highest BCUT2D eigenvalue weighted by atomic mass is 35.5. The van der Waals surface area contributed by atoms with Crippen molar-refractivity contribution < 1.29 is 4.79 Å². The van der Waals surface area contributed by atoms with Crippen molar-refractivity contribution in [3.8, 4) is 0 Å². The monoisotopic (exact) mass is 332 g/mol. The molecular weight excluding hydrogens is 308 g/mol. The van der Waals surface area contributed by atoms with Crippen LogP contribution in [0.25, 0.3) is 0 Å². The predicted molar refractivity (Wildman–Crippen MR) is 97.7 cm³/mol. The Balaban J connectivity index is 0.00000264. The first-order chi connectivity index (χ1) is 10.6. The maximum atomic E-state index is 12.5. The number of hydrogen-bond donors (Lipinski definition) is 2. The number of nitrogens with two attached hydrogens (primary N) is 1. The Morgan fingerprint density at radius 3 is 2.13 bits per heavy atom. The van der Waals surface area contributed by atoms with E-state index < -0.39 is 5.54 Å². The molecule has 0 aliphatic rings. The van der Waals surface area contributed by atoms with Gasteiger partial charge in [-0.3, -0.25) is 4.79 Å². The van der Waals surface area contributed by atoms with Crippen LogP contribution in [0.2, 0.25) is 0 Å². The fraction of sp³-hybridized carbons (Fsp3) is 0.316. The van der Waals surface area contributed by atoms with E-state index in [1.807, 2.05) is 48.5 Å². The van der Waals surface area contributed by atoms with Crippen LogP contribution in [-0.4, -0.2) is 12.5 Å². The Bertz CT molecular complexity index is 599. The average molecular weight is 333 g/mol. The van der Waals surface area contributed by atoms with Crippen LogP contribution in [0.1, 0.15) is 37.3 Å². The molecule has 3 nitrogen and oxygen atoms in total. The number of amides is 1. The zero-order valence-corrected chi connectivity index (χ0v) is 14.5. The quantitative estimate of drug-likeness (QED) is 0.849. The minimum Gasteiger partial charge on any atom is -0.354 e. The Morgan fingerprint density at radius 1 is 1.09 bits per heavy atom. The van der Waals surface area contributed by atoms with E-state index in [1.54, 1.807) is 6.92 Å². The number of carbonyl (C=O) groups excluding carboxylic acids is 1. The molecule has 2 unspecified atom stereocenters. The third kappa shape index (κ3) is 4.81. The molecule has 4 heteroatoms. The van der Waals surface area contributed by atoms with Crippen molar-refractivity contribution in [2.75, 3.05) is 6.54 Å². The molecule has 0 radical (unpaired) electrons. The molecule has 0 aliphatic heterocycles. The van der Waals surface area contributed by atoms with Crippen LogP contribution in [0.15, 0.2) is 60.7 Å². The zero-order chi connectivity index (χ0) is 16.0. The van der Waals surface area contributed by atoms with Crippen molar-refractivity contribution in [2.24, 2.45) is 5.73 Å². The number of rotatable bonds is 6. The van der Waals surface area contributed by atoms with Gasteiger partial charge in [0.05, 0.1) is 0 Å². The van der Waals surface area contributed by atoms with Gasteiger partial charge in [0, 0.05) is 12.5 Å². The lowest BCUT2D eigenvalue weighted by Gasteiger charge is -2.25. The largest absolute Gasteiger partial charge is 0.354 e. The molecule has 2 aromatic rings. The summed E-state index contributed by atoms with van der Waals surface area (Å²) >= 11 is 0. The molecule has 0 spiro atoms. The molecule has 1 amide bonds. The lowest BCUT2D eigenvalue weighted by atomic mass is 9.91. The second kappa shape index (κ2) is 8.70. The summed E-state index contributed by atoms with van der Waals surface area (Å²) < 4.78 is 0. The Hall–Kier alpha value is -1.84. The predicted octanol–water partition coefficient (Wildman–Crippen LogP) is 3.59. The number of benzene rings is 2. The highest BCUT2D eigenvalue weighted by molar-refractivity contribution is 5.87. The molecule has 3 N–H and O–H groups in total. The summed E-state index contributed by atoms with van der Waals surface area (Å²) in [7, 11) is 0. The van der Waals surface area contributed by atoms with Gasteiger partial charge in [-0.2, -0.15) is 0 Å². The molecule has 0 saturated carbocycles. The fourth-order valence-electron chi connectivity index (χ4n) is 2.54. The summed E-state index contributed by atoms with van der Waals surface area (Å²) in [5.41, 5.74) is 7.28. The van der Waals surface area contributed by atoms with E-state index in [2.05, 4.69) is 24.4 Å². The SMILES string of the molecule is CCC(CNC(=O)C(C)(N)c1ccccc1)c1ccccc1.Cl. The minimum atomic E-state index is -1.02. The molecule has 23 heavy (non-hydrogen) atoms. The highest BCUT2D eigenvalue weighted by Gasteiger charge is 2.30. The smallest absolute Gasteiger partial charge is 0.244 e. The molecule has 0 saturated heterocycles. The van der Waals surface area contributed by atoms with E-state index in [1.165, 1.54) is 5.56 Å². The Labute approximate surface area is 144 Å². The minimum absolute atomic E-state index is 0. The standard InChI is InChI=1S/C19H24N2O.ClH/c1-3-15(16-10-6-4-7-11-16)14-21-18(22)19(2,20)17-12-8-5-9-13-17;/h4-13,15H,3,14,20H2,1-2H3,(H,21,22);1H. The van der Waals surface area contributed by atoms with E-state index in [4.69, 9.17) is 5.73 Å². The topological polar surface area (TPSA) is 55.1 Å². The number of halogens is 1. The van der Waals surface area contributed by atoms with E-state index >= 15 is 0 Å². The van der Waals surface area contributed by atoms with Gasteiger partial charge in [0.1, 0.15) is 5.54 Å². The normalized spacial score (nSPS) is 14.2. The van der Waals surface area contributed by atoms with Gasteiger partial charge in [-0.1, -0.05) is 67.6 Å². The summed E-state index contributed by atoms with van der Waals surface area (Å²) in [5, 5.41) is 3.01. The van der Waals surface area contributed by atoms with Gasteiger partial charge < -0.3 is 11.1 Å². The molecule has 2 atom stereocenters. The molecule has 2 aromatic carbocycles. The van der Waals surface area contributed by atoms with Crippen LogP contribution >= 0.6 is 12.4 Å². The van der Waals surface area contributed by atoms with Crippen molar-refractivity contribution in [1.29, 1.82) is 0 Å². The fourth-order valence-corrected chi connectivity index (χ4v) is 2.54. The summed E-state index contributed by atoms with van der Waals surface area (Å²) in [4.78, 5) is 12.5. The molecule has 0 fully saturated rings. The van der Waals surface area contributed by atoms with Gasteiger partial charge in [-0.25, -0.2) is 0 Å². The van der Waals surface area contributed by atoms with Crippen molar-refractivity contribution >= 4 is 18.3 Å². The van der Waals surface area contributed by atoms with Crippen molar-refractivity contribution in [2.45, 2.75) is 31.7 Å². The zero-order valence-electron chi connectivity index (χ0n) is 13.7. The highest BCUT2D eigenvalue weighted by Crippen LogP contribution is 2.20.